The van der Waals surface area contributed by atoms with Gasteiger partial charge in [-0.15, -0.1) is 0 Å². The lowest BCUT2D eigenvalue weighted by atomic mass is 9.95. The molecule has 0 aromatic heterocycles. The first kappa shape index (κ1) is 16.4. The van der Waals surface area contributed by atoms with Crippen LogP contribution in [-0.2, 0) is 4.79 Å². The molecule has 0 aliphatic rings. The molecule has 0 aliphatic heterocycles. The summed E-state index contributed by atoms with van der Waals surface area (Å²) in [7, 11) is 0. The maximum atomic E-state index is 11.7. The quantitative estimate of drug-likeness (QED) is 0.575. The van der Waals surface area contributed by atoms with Crippen LogP contribution in [0.3, 0.4) is 0 Å². The van der Waals surface area contributed by atoms with E-state index in [1.54, 1.807) is 0 Å². The number of aliphatic hydroxyl groups is 1. The van der Waals surface area contributed by atoms with Crippen molar-refractivity contribution in [1.29, 1.82) is 0 Å². The van der Waals surface area contributed by atoms with Crippen LogP contribution in [0.4, 0.5) is 0 Å². The van der Waals surface area contributed by atoms with Crippen molar-refractivity contribution >= 4 is 5.91 Å². The van der Waals surface area contributed by atoms with E-state index < -0.39 is 0 Å². The Morgan fingerprint density at radius 3 is 2.53 bits per heavy atom. The molecule has 102 valence electrons. The molecular weight excluding hydrogens is 216 g/mol. The topological polar surface area (TPSA) is 61.4 Å². The lowest BCUT2D eigenvalue weighted by Crippen LogP contribution is -2.48. The standard InChI is InChI=1S/C13H28N2O2/c1-5-7-11(3)15-12(17)10-14-13(4,6-2)8-9-16/h11,14,16H,5-10H2,1-4H3,(H,15,17). The van der Waals surface area contributed by atoms with Gasteiger partial charge in [0.05, 0.1) is 6.54 Å². The van der Waals surface area contributed by atoms with E-state index in [0.717, 1.165) is 19.3 Å². The summed E-state index contributed by atoms with van der Waals surface area (Å²) in [6, 6.07) is 0.236. The number of carbonyl (C=O) groups is 1. The molecule has 0 spiro atoms. The van der Waals surface area contributed by atoms with Crippen LogP contribution in [0.1, 0.15) is 53.4 Å². The molecule has 0 rings (SSSR count). The van der Waals surface area contributed by atoms with Crippen molar-refractivity contribution in [2.24, 2.45) is 0 Å². The lowest BCUT2D eigenvalue weighted by Gasteiger charge is -2.29. The van der Waals surface area contributed by atoms with Gasteiger partial charge in [-0.05, 0) is 33.1 Å². The Morgan fingerprint density at radius 2 is 2.06 bits per heavy atom. The van der Waals surface area contributed by atoms with Gasteiger partial charge >= 0.3 is 0 Å². The van der Waals surface area contributed by atoms with Crippen LogP contribution in [0.5, 0.6) is 0 Å². The van der Waals surface area contributed by atoms with Crippen LogP contribution in [0, 0.1) is 0 Å². The van der Waals surface area contributed by atoms with E-state index in [9.17, 15) is 4.79 Å². The molecular formula is C13H28N2O2. The number of rotatable bonds is 9. The SMILES string of the molecule is CCCC(C)NC(=O)CNC(C)(CC)CCO. The van der Waals surface area contributed by atoms with Crippen molar-refractivity contribution in [3.63, 3.8) is 0 Å². The summed E-state index contributed by atoms with van der Waals surface area (Å²) in [4.78, 5) is 11.7. The molecule has 0 bridgehead atoms. The van der Waals surface area contributed by atoms with Gasteiger partial charge in [0.15, 0.2) is 0 Å². The monoisotopic (exact) mass is 244 g/mol. The number of hydrogen-bond acceptors (Lipinski definition) is 3. The van der Waals surface area contributed by atoms with Crippen LogP contribution < -0.4 is 10.6 Å². The zero-order valence-corrected chi connectivity index (χ0v) is 11.7. The minimum atomic E-state index is -0.153. The Balaban J connectivity index is 3.96. The highest BCUT2D eigenvalue weighted by molar-refractivity contribution is 5.78. The Kier molecular flexibility index (Phi) is 8.17. The third kappa shape index (κ3) is 7.34. The number of amides is 1. The zero-order chi connectivity index (χ0) is 13.3. The van der Waals surface area contributed by atoms with E-state index in [-0.39, 0.29) is 24.1 Å². The van der Waals surface area contributed by atoms with Crippen molar-refractivity contribution in [2.45, 2.75) is 65.0 Å². The van der Waals surface area contributed by atoms with Crippen molar-refractivity contribution < 1.29 is 9.90 Å². The van der Waals surface area contributed by atoms with Gasteiger partial charge in [-0.2, -0.15) is 0 Å². The molecule has 0 aliphatic carbocycles. The van der Waals surface area contributed by atoms with E-state index in [0.29, 0.717) is 13.0 Å². The van der Waals surface area contributed by atoms with Gasteiger partial charge in [0.2, 0.25) is 5.91 Å². The fourth-order valence-corrected chi connectivity index (χ4v) is 1.76. The molecule has 1 amide bonds. The Labute approximate surface area is 105 Å². The Hall–Kier alpha value is -0.610. The number of carbonyl (C=O) groups excluding carboxylic acids is 1. The van der Waals surface area contributed by atoms with E-state index in [1.807, 2.05) is 13.8 Å². The van der Waals surface area contributed by atoms with Crippen molar-refractivity contribution in [1.82, 2.24) is 10.6 Å². The highest BCUT2D eigenvalue weighted by atomic mass is 16.3. The van der Waals surface area contributed by atoms with Gasteiger partial charge in [0, 0.05) is 18.2 Å². The average molecular weight is 244 g/mol. The van der Waals surface area contributed by atoms with Crippen LogP contribution in [-0.4, -0.2) is 35.7 Å². The number of hydrogen-bond donors (Lipinski definition) is 3. The molecule has 0 radical (unpaired) electrons. The first-order valence-electron chi connectivity index (χ1n) is 6.62. The Morgan fingerprint density at radius 1 is 1.41 bits per heavy atom. The van der Waals surface area contributed by atoms with Crippen LogP contribution in [0.2, 0.25) is 0 Å². The third-order valence-corrected chi connectivity index (χ3v) is 3.25. The molecule has 0 aromatic rings. The maximum absolute atomic E-state index is 11.7. The average Bonchev–Trinajstić information content (AvgIpc) is 2.27. The van der Waals surface area contributed by atoms with E-state index in [4.69, 9.17) is 5.11 Å². The van der Waals surface area contributed by atoms with Gasteiger partial charge in [-0.1, -0.05) is 20.3 Å². The molecule has 4 nitrogen and oxygen atoms in total. The summed E-state index contributed by atoms with van der Waals surface area (Å²) >= 11 is 0. The third-order valence-electron chi connectivity index (χ3n) is 3.25. The highest BCUT2D eigenvalue weighted by Gasteiger charge is 2.21. The summed E-state index contributed by atoms with van der Waals surface area (Å²) in [6.45, 7) is 8.68. The van der Waals surface area contributed by atoms with E-state index >= 15 is 0 Å². The predicted molar refractivity (Wildman–Crippen MR) is 70.9 cm³/mol. The fraction of sp³-hybridized carbons (Fsp3) is 0.923. The molecule has 0 fully saturated rings. The highest BCUT2D eigenvalue weighted by Crippen LogP contribution is 2.12. The second-order valence-corrected chi connectivity index (χ2v) is 5.00. The minimum Gasteiger partial charge on any atom is -0.396 e. The van der Waals surface area contributed by atoms with Crippen molar-refractivity contribution in [3.05, 3.63) is 0 Å². The first-order chi connectivity index (χ1) is 7.97. The Bertz CT molecular complexity index is 221. The summed E-state index contributed by atoms with van der Waals surface area (Å²) in [5.74, 6) is 0.0311. The predicted octanol–water partition coefficient (Wildman–Crippen LogP) is 1.43. The summed E-state index contributed by atoms with van der Waals surface area (Å²) in [5.41, 5.74) is -0.153. The molecule has 0 aromatic carbocycles. The molecule has 2 atom stereocenters. The summed E-state index contributed by atoms with van der Waals surface area (Å²) in [5, 5.41) is 15.2. The van der Waals surface area contributed by atoms with Gasteiger partial charge in [0.25, 0.3) is 0 Å². The van der Waals surface area contributed by atoms with Gasteiger partial charge in [-0.3, -0.25) is 4.79 Å². The minimum absolute atomic E-state index is 0.0311. The van der Waals surface area contributed by atoms with Crippen molar-refractivity contribution in [3.8, 4) is 0 Å². The van der Waals surface area contributed by atoms with Crippen LogP contribution >= 0.6 is 0 Å². The van der Waals surface area contributed by atoms with Crippen molar-refractivity contribution in [2.75, 3.05) is 13.2 Å². The first-order valence-corrected chi connectivity index (χ1v) is 6.62. The molecule has 0 heterocycles. The summed E-state index contributed by atoms with van der Waals surface area (Å²) < 4.78 is 0. The normalized spacial score (nSPS) is 16.3. The van der Waals surface area contributed by atoms with Gasteiger partial charge < -0.3 is 15.7 Å². The lowest BCUT2D eigenvalue weighted by molar-refractivity contribution is -0.121. The number of aliphatic hydroxyl groups excluding tert-OH is 1. The molecule has 0 saturated heterocycles. The molecule has 17 heavy (non-hydrogen) atoms. The molecule has 0 saturated carbocycles. The van der Waals surface area contributed by atoms with E-state index in [2.05, 4.69) is 24.5 Å². The smallest absolute Gasteiger partial charge is 0.234 e. The molecule has 4 heteroatoms. The largest absolute Gasteiger partial charge is 0.396 e. The fourth-order valence-electron chi connectivity index (χ4n) is 1.76. The second kappa shape index (κ2) is 8.48. The van der Waals surface area contributed by atoms with Gasteiger partial charge in [-0.25, -0.2) is 0 Å². The zero-order valence-electron chi connectivity index (χ0n) is 11.7. The maximum Gasteiger partial charge on any atom is 0.234 e. The number of nitrogens with one attached hydrogen (secondary N) is 2. The summed E-state index contributed by atoms with van der Waals surface area (Å²) in [6.07, 6.45) is 3.64. The molecule has 3 N–H and O–H groups in total. The molecule has 2 unspecified atom stereocenters. The second-order valence-electron chi connectivity index (χ2n) is 5.00. The van der Waals surface area contributed by atoms with Gasteiger partial charge in [0.1, 0.15) is 0 Å². The van der Waals surface area contributed by atoms with Crippen LogP contribution in [0.25, 0.3) is 0 Å². The van der Waals surface area contributed by atoms with E-state index in [1.165, 1.54) is 0 Å². The van der Waals surface area contributed by atoms with Crippen LogP contribution in [0.15, 0.2) is 0 Å².